The summed E-state index contributed by atoms with van der Waals surface area (Å²) in [4.78, 5) is 14.5. The highest BCUT2D eigenvalue weighted by molar-refractivity contribution is 5.73. The quantitative estimate of drug-likeness (QED) is 0.782. The van der Waals surface area contributed by atoms with Gasteiger partial charge in [-0.2, -0.15) is 0 Å². The normalized spacial score (nSPS) is 14.6. The zero-order valence-electron chi connectivity index (χ0n) is 8.35. The van der Waals surface area contributed by atoms with Crippen LogP contribution in [0.5, 0.6) is 0 Å². The summed E-state index contributed by atoms with van der Waals surface area (Å²) in [5.41, 5.74) is 6.13. The van der Waals surface area contributed by atoms with Crippen LogP contribution in [0.3, 0.4) is 0 Å². The Morgan fingerprint density at radius 1 is 1.67 bits per heavy atom. The minimum absolute atomic E-state index is 0.107. The molecule has 0 aliphatic heterocycles. The number of carboxylic acid groups (broad SMARTS) is 1. The number of hydrogen-bond acceptors (Lipinski definition) is 3. The van der Waals surface area contributed by atoms with Gasteiger partial charge in [0.1, 0.15) is 12.2 Å². The number of pyridine rings is 1. The van der Waals surface area contributed by atoms with Crippen molar-refractivity contribution in [3.8, 4) is 0 Å². The van der Waals surface area contributed by atoms with Crippen molar-refractivity contribution in [2.45, 2.75) is 25.6 Å². The van der Waals surface area contributed by atoms with Crippen molar-refractivity contribution in [1.82, 2.24) is 4.98 Å². The van der Waals surface area contributed by atoms with Gasteiger partial charge in [0.05, 0.1) is 5.69 Å². The van der Waals surface area contributed by atoms with E-state index in [1.54, 1.807) is 18.2 Å². The largest absolute Gasteiger partial charge is 0.480 e. The summed E-state index contributed by atoms with van der Waals surface area (Å²) >= 11 is 0. The third-order valence-corrected chi connectivity index (χ3v) is 1.98. The molecular formula is C10H13FN2O2. The van der Waals surface area contributed by atoms with Gasteiger partial charge in [-0.3, -0.25) is 9.78 Å². The first-order valence-electron chi connectivity index (χ1n) is 4.59. The SMILES string of the molecule is CC(F)c1cccc(CC(N)C(=O)O)n1. The van der Waals surface area contributed by atoms with Gasteiger partial charge < -0.3 is 10.8 Å². The second-order valence-electron chi connectivity index (χ2n) is 3.32. The molecule has 0 bridgehead atoms. The van der Waals surface area contributed by atoms with Gasteiger partial charge in [0, 0.05) is 12.1 Å². The molecule has 0 radical (unpaired) electrons. The minimum atomic E-state index is -1.16. The Morgan fingerprint density at radius 3 is 2.87 bits per heavy atom. The number of rotatable bonds is 4. The maximum atomic E-state index is 12.9. The van der Waals surface area contributed by atoms with Crippen LogP contribution in [0.15, 0.2) is 18.2 Å². The summed E-state index contributed by atoms with van der Waals surface area (Å²) in [5, 5.41) is 8.59. The molecule has 4 nitrogen and oxygen atoms in total. The smallest absolute Gasteiger partial charge is 0.320 e. The summed E-state index contributed by atoms with van der Waals surface area (Å²) < 4.78 is 12.9. The monoisotopic (exact) mass is 212 g/mol. The van der Waals surface area contributed by atoms with Gasteiger partial charge in [-0.25, -0.2) is 4.39 Å². The van der Waals surface area contributed by atoms with Crippen molar-refractivity contribution in [3.05, 3.63) is 29.6 Å². The molecular weight excluding hydrogens is 199 g/mol. The molecule has 2 atom stereocenters. The lowest BCUT2D eigenvalue weighted by molar-refractivity contribution is -0.138. The number of aliphatic carboxylic acids is 1. The second-order valence-corrected chi connectivity index (χ2v) is 3.32. The lowest BCUT2D eigenvalue weighted by Gasteiger charge is -2.07. The van der Waals surface area contributed by atoms with E-state index < -0.39 is 18.2 Å². The molecule has 0 aliphatic carbocycles. The molecule has 0 fully saturated rings. The Kier molecular flexibility index (Phi) is 3.74. The first kappa shape index (κ1) is 11.6. The number of hydrogen-bond donors (Lipinski definition) is 2. The molecule has 15 heavy (non-hydrogen) atoms. The molecule has 5 heteroatoms. The first-order chi connectivity index (χ1) is 7.00. The first-order valence-corrected chi connectivity index (χ1v) is 4.59. The predicted octanol–water partition coefficient (Wildman–Crippen LogP) is 1.07. The standard InChI is InChI=1S/C10H13FN2O2/c1-6(11)9-4-2-3-7(13-9)5-8(12)10(14)15/h2-4,6,8H,5,12H2,1H3,(H,14,15). The van der Waals surface area contributed by atoms with Crippen LogP contribution in [0.2, 0.25) is 0 Å². The third kappa shape index (κ3) is 3.28. The zero-order chi connectivity index (χ0) is 11.4. The molecule has 0 aliphatic rings. The molecule has 1 heterocycles. The van der Waals surface area contributed by atoms with Gasteiger partial charge in [-0.15, -0.1) is 0 Å². The molecule has 0 amide bonds. The van der Waals surface area contributed by atoms with Gasteiger partial charge in [-0.05, 0) is 19.1 Å². The Hall–Kier alpha value is -1.49. The fraction of sp³-hybridized carbons (Fsp3) is 0.400. The lowest BCUT2D eigenvalue weighted by Crippen LogP contribution is -2.32. The lowest BCUT2D eigenvalue weighted by atomic mass is 10.1. The number of aromatic nitrogens is 1. The maximum absolute atomic E-state index is 12.9. The van der Waals surface area contributed by atoms with E-state index in [0.29, 0.717) is 11.4 Å². The van der Waals surface area contributed by atoms with Crippen LogP contribution in [-0.4, -0.2) is 22.1 Å². The number of carboxylic acids is 1. The summed E-state index contributed by atoms with van der Waals surface area (Å²) in [6.07, 6.45) is -1.05. The van der Waals surface area contributed by atoms with Gasteiger partial charge in [-0.1, -0.05) is 6.07 Å². The molecule has 1 rings (SSSR count). The fourth-order valence-corrected chi connectivity index (χ4v) is 1.15. The molecule has 0 aromatic carbocycles. The highest BCUT2D eigenvalue weighted by Gasteiger charge is 2.13. The van der Waals surface area contributed by atoms with E-state index in [1.807, 2.05) is 0 Å². The molecule has 1 aromatic rings. The highest BCUT2D eigenvalue weighted by Crippen LogP contribution is 2.14. The molecule has 0 saturated carbocycles. The average molecular weight is 212 g/mol. The van der Waals surface area contributed by atoms with Crippen LogP contribution >= 0.6 is 0 Å². The fourth-order valence-electron chi connectivity index (χ4n) is 1.15. The summed E-state index contributed by atoms with van der Waals surface area (Å²) in [7, 11) is 0. The number of alkyl halides is 1. The van der Waals surface area contributed by atoms with Crippen molar-refractivity contribution in [1.29, 1.82) is 0 Å². The molecule has 82 valence electrons. The summed E-state index contributed by atoms with van der Waals surface area (Å²) in [6.45, 7) is 1.38. The zero-order valence-corrected chi connectivity index (χ0v) is 8.35. The molecule has 0 spiro atoms. The van der Waals surface area contributed by atoms with Crippen molar-refractivity contribution in [2.24, 2.45) is 5.73 Å². The minimum Gasteiger partial charge on any atom is -0.480 e. The Morgan fingerprint density at radius 2 is 2.33 bits per heavy atom. The van der Waals surface area contributed by atoms with Crippen molar-refractivity contribution in [3.63, 3.8) is 0 Å². The van der Waals surface area contributed by atoms with E-state index in [0.717, 1.165) is 0 Å². The number of halogens is 1. The second kappa shape index (κ2) is 4.84. The summed E-state index contributed by atoms with van der Waals surface area (Å²) in [5.74, 6) is -1.09. The van der Waals surface area contributed by atoms with E-state index in [-0.39, 0.29) is 6.42 Å². The molecule has 1 aromatic heterocycles. The number of carbonyl (C=O) groups is 1. The highest BCUT2D eigenvalue weighted by atomic mass is 19.1. The average Bonchev–Trinajstić information content (AvgIpc) is 2.18. The Bertz CT molecular complexity index is 355. The van der Waals surface area contributed by atoms with Crippen molar-refractivity contribution in [2.75, 3.05) is 0 Å². The van der Waals surface area contributed by atoms with Gasteiger partial charge >= 0.3 is 5.97 Å². The van der Waals surface area contributed by atoms with Crippen molar-refractivity contribution < 1.29 is 14.3 Å². The molecule has 2 unspecified atom stereocenters. The van der Waals surface area contributed by atoms with E-state index >= 15 is 0 Å². The Labute approximate surface area is 86.9 Å². The van der Waals surface area contributed by atoms with E-state index in [4.69, 9.17) is 10.8 Å². The van der Waals surface area contributed by atoms with Crippen molar-refractivity contribution >= 4 is 5.97 Å². The van der Waals surface area contributed by atoms with Crippen LogP contribution in [0.25, 0.3) is 0 Å². The van der Waals surface area contributed by atoms with Crippen LogP contribution in [0.1, 0.15) is 24.5 Å². The number of nitrogens with zero attached hydrogens (tertiary/aromatic N) is 1. The van der Waals surface area contributed by atoms with Gasteiger partial charge in [0.2, 0.25) is 0 Å². The molecule has 3 N–H and O–H groups in total. The topological polar surface area (TPSA) is 76.2 Å². The van der Waals surface area contributed by atoms with Crippen LogP contribution in [0, 0.1) is 0 Å². The van der Waals surface area contributed by atoms with Gasteiger partial charge in [0.15, 0.2) is 0 Å². The number of nitrogens with two attached hydrogens (primary N) is 1. The van der Waals surface area contributed by atoms with E-state index in [1.165, 1.54) is 6.92 Å². The van der Waals surface area contributed by atoms with Crippen LogP contribution in [-0.2, 0) is 11.2 Å². The Balaban J connectivity index is 2.78. The summed E-state index contributed by atoms with van der Waals surface area (Å²) in [6, 6.07) is 3.83. The van der Waals surface area contributed by atoms with Gasteiger partial charge in [0.25, 0.3) is 0 Å². The van der Waals surface area contributed by atoms with E-state index in [2.05, 4.69) is 4.98 Å². The van der Waals surface area contributed by atoms with E-state index in [9.17, 15) is 9.18 Å². The maximum Gasteiger partial charge on any atom is 0.320 e. The predicted molar refractivity (Wildman–Crippen MR) is 53.1 cm³/mol. The van der Waals surface area contributed by atoms with Crippen LogP contribution < -0.4 is 5.73 Å². The molecule has 0 saturated heterocycles. The third-order valence-electron chi connectivity index (χ3n) is 1.98. The van der Waals surface area contributed by atoms with Crippen LogP contribution in [0.4, 0.5) is 4.39 Å².